The Balaban J connectivity index is 1.84. The molecule has 0 aliphatic carbocycles. The van der Waals surface area contributed by atoms with Crippen LogP contribution in [0.25, 0.3) is 5.57 Å². The minimum absolute atomic E-state index is 0.0497. The number of nitrogens with one attached hydrogen (secondary N) is 1. The van der Waals surface area contributed by atoms with Crippen molar-refractivity contribution >= 4 is 29.5 Å². The highest BCUT2D eigenvalue weighted by Gasteiger charge is 2.57. The Morgan fingerprint density at radius 2 is 1.82 bits per heavy atom. The minimum atomic E-state index is -0.869. The van der Waals surface area contributed by atoms with Crippen molar-refractivity contribution in [2.45, 2.75) is 46.3 Å². The predicted molar refractivity (Wildman–Crippen MR) is 115 cm³/mol. The molecule has 2 amide bonds. The van der Waals surface area contributed by atoms with Crippen molar-refractivity contribution in [1.82, 2.24) is 10.2 Å². The van der Waals surface area contributed by atoms with E-state index < -0.39 is 42.3 Å². The zero-order chi connectivity index (χ0) is 24.5. The van der Waals surface area contributed by atoms with Crippen LogP contribution in [-0.4, -0.2) is 59.9 Å². The van der Waals surface area contributed by atoms with Gasteiger partial charge in [0.25, 0.3) is 0 Å². The number of ether oxygens (including phenoxy) is 3. The van der Waals surface area contributed by atoms with E-state index >= 15 is 0 Å². The van der Waals surface area contributed by atoms with Gasteiger partial charge in [0, 0.05) is 7.05 Å². The van der Waals surface area contributed by atoms with E-state index in [4.69, 9.17) is 14.2 Å². The van der Waals surface area contributed by atoms with Crippen LogP contribution in [0.15, 0.2) is 30.0 Å². The molecule has 178 valence electrons. The summed E-state index contributed by atoms with van der Waals surface area (Å²) in [7, 11) is 1.44. The molecule has 0 aromatic heterocycles. The summed E-state index contributed by atoms with van der Waals surface area (Å²) >= 11 is 0. The molecule has 3 rings (SSSR count). The number of aliphatic hydroxyl groups is 1. The van der Waals surface area contributed by atoms with Crippen molar-refractivity contribution in [2.75, 3.05) is 13.8 Å². The Hall–Kier alpha value is -3.40. The molecule has 2 aliphatic heterocycles. The number of esters is 2. The standard InChI is InChI=1S/C23H28N2O8/c1-12(26)17-16-10-15(13-6-8-14(9-7-13)33-22(30)24-5)18(25(16)19(17)27)20(28)31-11-32-21(29)23(2,3)4/h6-9,12,16-17,26H,10-11H2,1-5H3,(H,24,30)/t12-,16-,17-/m1/s1. The first kappa shape index (κ1) is 24.2. The molecule has 1 saturated heterocycles. The summed E-state index contributed by atoms with van der Waals surface area (Å²) in [5.74, 6) is -2.04. The lowest BCUT2D eigenvalue weighted by atomic mass is 9.82. The molecular formula is C23H28N2O8. The van der Waals surface area contributed by atoms with E-state index in [9.17, 15) is 24.3 Å². The fourth-order valence-corrected chi connectivity index (χ4v) is 3.82. The lowest BCUT2D eigenvalue weighted by Crippen LogP contribution is -2.61. The van der Waals surface area contributed by atoms with Crippen LogP contribution in [0.4, 0.5) is 4.79 Å². The monoisotopic (exact) mass is 460 g/mol. The van der Waals surface area contributed by atoms with Crippen LogP contribution in [0.5, 0.6) is 5.75 Å². The summed E-state index contributed by atoms with van der Waals surface area (Å²) in [5, 5.41) is 12.3. The van der Waals surface area contributed by atoms with Gasteiger partial charge in [0.15, 0.2) is 0 Å². The van der Waals surface area contributed by atoms with Crippen LogP contribution >= 0.6 is 0 Å². The second-order valence-electron chi connectivity index (χ2n) is 8.97. The molecule has 2 aliphatic rings. The number of benzene rings is 1. The number of carbonyl (C=O) groups is 4. The van der Waals surface area contributed by atoms with Gasteiger partial charge < -0.3 is 29.5 Å². The molecule has 0 radical (unpaired) electrons. The van der Waals surface area contributed by atoms with Crippen LogP contribution in [-0.2, 0) is 23.9 Å². The zero-order valence-electron chi connectivity index (χ0n) is 19.2. The number of aliphatic hydroxyl groups excluding tert-OH is 1. The molecule has 0 spiro atoms. The third-order valence-electron chi connectivity index (χ3n) is 5.53. The molecule has 2 heterocycles. The summed E-state index contributed by atoms with van der Waals surface area (Å²) in [6, 6.07) is 6.07. The van der Waals surface area contributed by atoms with Gasteiger partial charge in [-0.05, 0) is 57.4 Å². The fraction of sp³-hybridized carbons (Fsp3) is 0.478. The van der Waals surface area contributed by atoms with Gasteiger partial charge in [-0.3, -0.25) is 9.59 Å². The molecule has 1 aromatic rings. The number of fused-ring (bicyclic) bond motifs is 1. The van der Waals surface area contributed by atoms with Crippen LogP contribution < -0.4 is 10.1 Å². The quantitative estimate of drug-likeness (QED) is 0.373. The van der Waals surface area contributed by atoms with Gasteiger partial charge in [-0.1, -0.05) is 12.1 Å². The molecular weight excluding hydrogens is 432 g/mol. The predicted octanol–water partition coefficient (Wildman–Crippen LogP) is 1.82. The first-order valence-electron chi connectivity index (χ1n) is 10.5. The van der Waals surface area contributed by atoms with Crippen molar-refractivity contribution in [3.63, 3.8) is 0 Å². The average molecular weight is 460 g/mol. The Morgan fingerprint density at radius 1 is 1.18 bits per heavy atom. The minimum Gasteiger partial charge on any atom is -0.427 e. The summed E-state index contributed by atoms with van der Waals surface area (Å²) in [6.45, 7) is 5.97. The van der Waals surface area contributed by atoms with Crippen molar-refractivity contribution in [2.24, 2.45) is 11.3 Å². The first-order valence-corrected chi connectivity index (χ1v) is 10.5. The van der Waals surface area contributed by atoms with Gasteiger partial charge in [-0.2, -0.15) is 0 Å². The lowest BCUT2D eigenvalue weighted by molar-refractivity contribution is -0.175. The molecule has 33 heavy (non-hydrogen) atoms. The van der Waals surface area contributed by atoms with Crippen LogP contribution in [0, 0.1) is 11.3 Å². The van der Waals surface area contributed by atoms with E-state index in [2.05, 4.69) is 5.32 Å². The third kappa shape index (κ3) is 4.85. The van der Waals surface area contributed by atoms with Gasteiger partial charge in [0.2, 0.25) is 12.7 Å². The lowest BCUT2D eigenvalue weighted by Gasteiger charge is -2.44. The van der Waals surface area contributed by atoms with Gasteiger partial charge >= 0.3 is 18.0 Å². The summed E-state index contributed by atoms with van der Waals surface area (Å²) in [4.78, 5) is 50.2. The molecule has 0 saturated carbocycles. The molecule has 0 bridgehead atoms. The Bertz CT molecular complexity index is 991. The van der Waals surface area contributed by atoms with Gasteiger partial charge in [-0.25, -0.2) is 9.59 Å². The van der Waals surface area contributed by atoms with Crippen molar-refractivity contribution in [3.05, 3.63) is 35.5 Å². The smallest absolute Gasteiger partial charge is 0.412 e. The van der Waals surface area contributed by atoms with E-state index in [-0.39, 0.29) is 17.6 Å². The molecule has 2 N–H and O–H groups in total. The zero-order valence-corrected chi connectivity index (χ0v) is 19.2. The molecule has 10 heteroatoms. The normalized spacial score (nSPS) is 20.5. The van der Waals surface area contributed by atoms with Gasteiger partial charge in [0.05, 0.1) is 23.5 Å². The summed E-state index contributed by atoms with van der Waals surface area (Å²) in [6.07, 6.45) is -1.15. The number of hydrogen-bond donors (Lipinski definition) is 2. The van der Waals surface area contributed by atoms with E-state index in [1.807, 2.05) is 0 Å². The number of rotatable bonds is 6. The molecule has 1 aromatic carbocycles. The fourth-order valence-electron chi connectivity index (χ4n) is 3.82. The Morgan fingerprint density at radius 3 is 2.36 bits per heavy atom. The first-order chi connectivity index (χ1) is 15.5. The SMILES string of the molecule is CNC(=O)Oc1ccc(C2=C(C(=O)OCOC(=O)C(C)(C)C)N3C(=O)[C@H]([C@@H](C)O)[C@H]3C2)cc1. The van der Waals surface area contributed by atoms with Crippen LogP contribution in [0.2, 0.25) is 0 Å². The molecule has 10 nitrogen and oxygen atoms in total. The topological polar surface area (TPSA) is 131 Å². The third-order valence-corrected chi connectivity index (χ3v) is 5.53. The Labute approximate surface area is 191 Å². The molecule has 1 fully saturated rings. The maximum Gasteiger partial charge on any atom is 0.412 e. The van der Waals surface area contributed by atoms with Crippen LogP contribution in [0.1, 0.15) is 39.7 Å². The number of carbonyl (C=O) groups excluding carboxylic acids is 4. The number of β-lactam (4-membered cyclic amide) rings is 1. The Kier molecular flexibility index (Phi) is 6.78. The van der Waals surface area contributed by atoms with E-state index in [1.54, 1.807) is 45.0 Å². The molecule has 0 unspecified atom stereocenters. The maximum absolute atomic E-state index is 12.9. The second kappa shape index (κ2) is 9.22. The van der Waals surface area contributed by atoms with E-state index in [0.717, 1.165) is 0 Å². The van der Waals surface area contributed by atoms with Gasteiger partial charge in [0.1, 0.15) is 11.4 Å². The number of amides is 2. The van der Waals surface area contributed by atoms with E-state index in [0.29, 0.717) is 23.3 Å². The highest BCUT2D eigenvalue weighted by atomic mass is 16.7. The van der Waals surface area contributed by atoms with Crippen molar-refractivity contribution in [1.29, 1.82) is 0 Å². The number of nitrogens with zero attached hydrogens (tertiary/aromatic N) is 1. The number of hydrogen-bond acceptors (Lipinski definition) is 8. The van der Waals surface area contributed by atoms with Crippen LogP contribution in [0.3, 0.4) is 0 Å². The van der Waals surface area contributed by atoms with Crippen molar-refractivity contribution < 1.29 is 38.5 Å². The summed E-state index contributed by atoms with van der Waals surface area (Å²) < 4.78 is 15.2. The van der Waals surface area contributed by atoms with Crippen molar-refractivity contribution in [3.8, 4) is 5.75 Å². The largest absolute Gasteiger partial charge is 0.427 e. The maximum atomic E-state index is 12.9. The highest BCUT2D eigenvalue weighted by molar-refractivity contribution is 6.06. The van der Waals surface area contributed by atoms with E-state index in [1.165, 1.54) is 18.9 Å². The average Bonchev–Trinajstić information content (AvgIpc) is 3.08. The summed E-state index contributed by atoms with van der Waals surface area (Å²) in [5.41, 5.74) is 0.472. The second-order valence-corrected chi connectivity index (χ2v) is 8.97. The highest BCUT2D eigenvalue weighted by Crippen LogP contribution is 2.47. The van der Waals surface area contributed by atoms with Gasteiger partial charge in [-0.15, -0.1) is 0 Å². The molecule has 3 atom stereocenters.